The molecule has 0 aliphatic heterocycles. The largest absolute Gasteiger partial charge is 0.478 e. The summed E-state index contributed by atoms with van der Waals surface area (Å²) in [6.45, 7) is 2.78. The number of amides is 1. The number of rotatable bonds is 6. The highest BCUT2D eigenvalue weighted by Crippen LogP contribution is 2.30. The van der Waals surface area contributed by atoms with E-state index in [4.69, 9.17) is 5.11 Å². The van der Waals surface area contributed by atoms with E-state index >= 15 is 0 Å². The number of carbonyl (C=O) groups is 2. The van der Waals surface area contributed by atoms with Crippen LogP contribution < -0.4 is 5.32 Å². The summed E-state index contributed by atoms with van der Waals surface area (Å²) in [6.07, 6.45) is 6.20. The highest BCUT2D eigenvalue weighted by molar-refractivity contribution is 5.87. The number of nitrogens with one attached hydrogen (secondary N) is 1. The fraction of sp³-hybridized carbons (Fsp3) is 0.556. The first-order chi connectivity index (χ1) is 10.6. The Morgan fingerprint density at radius 3 is 2.59 bits per heavy atom. The van der Waals surface area contributed by atoms with Crippen molar-refractivity contribution in [3.05, 3.63) is 35.4 Å². The molecule has 1 fully saturated rings. The molecule has 120 valence electrons. The number of carboxylic acid groups (broad SMARTS) is 1. The monoisotopic (exact) mass is 303 g/mol. The minimum Gasteiger partial charge on any atom is -0.478 e. The van der Waals surface area contributed by atoms with Gasteiger partial charge >= 0.3 is 5.97 Å². The van der Waals surface area contributed by atoms with E-state index in [0.29, 0.717) is 18.5 Å². The Bertz CT molecular complexity index is 519. The van der Waals surface area contributed by atoms with Crippen molar-refractivity contribution in [1.82, 2.24) is 5.32 Å². The molecular formula is C18H25NO3. The summed E-state index contributed by atoms with van der Waals surface area (Å²) in [5.41, 5.74) is 1.23. The predicted molar refractivity (Wildman–Crippen MR) is 85.9 cm³/mol. The van der Waals surface area contributed by atoms with Crippen molar-refractivity contribution in [2.75, 3.05) is 6.54 Å². The maximum absolute atomic E-state index is 12.2. The quantitative estimate of drug-likeness (QED) is 0.847. The summed E-state index contributed by atoms with van der Waals surface area (Å²) in [5.74, 6) is 0.193. The van der Waals surface area contributed by atoms with E-state index < -0.39 is 5.97 Å². The van der Waals surface area contributed by atoms with Crippen LogP contribution in [0.2, 0.25) is 0 Å². The number of carbonyl (C=O) groups excluding carboxylic acids is 1. The summed E-state index contributed by atoms with van der Waals surface area (Å²) < 4.78 is 0. The van der Waals surface area contributed by atoms with Crippen LogP contribution in [0, 0.1) is 11.8 Å². The Hall–Kier alpha value is -1.84. The summed E-state index contributed by atoms with van der Waals surface area (Å²) in [4.78, 5) is 23.1. The molecule has 0 radical (unpaired) electrons. The zero-order valence-corrected chi connectivity index (χ0v) is 13.2. The van der Waals surface area contributed by atoms with Gasteiger partial charge in [0.1, 0.15) is 0 Å². The lowest BCUT2D eigenvalue weighted by atomic mass is 9.80. The van der Waals surface area contributed by atoms with Gasteiger partial charge in [-0.1, -0.05) is 25.5 Å². The van der Waals surface area contributed by atoms with Crippen LogP contribution in [0.25, 0.3) is 0 Å². The molecule has 2 rings (SSSR count). The van der Waals surface area contributed by atoms with Crippen molar-refractivity contribution in [3.8, 4) is 0 Å². The number of aromatic carboxylic acids is 1. The van der Waals surface area contributed by atoms with Crippen LogP contribution in [0.4, 0.5) is 0 Å². The van der Waals surface area contributed by atoms with E-state index in [2.05, 4.69) is 12.2 Å². The number of hydrogen-bond donors (Lipinski definition) is 2. The molecule has 1 aliphatic rings. The highest BCUT2D eigenvalue weighted by atomic mass is 16.4. The van der Waals surface area contributed by atoms with Crippen LogP contribution in [0.5, 0.6) is 0 Å². The van der Waals surface area contributed by atoms with Gasteiger partial charge in [-0.2, -0.15) is 0 Å². The lowest BCUT2D eigenvalue weighted by molar-refractivity contribution is -0.126. The molecule has 0 spiro atoms. The molecule has 22 heavy (non-hydrogen) atoms. The van der Waals surface area contributed by atoms with Gasteiger partial charge in [0.2, 0.25) is 5.91 Å². The minimum absolute atomic E-state index is 0.156. The molecule has 0 atom stereocenters. The van der Waals surface area contributed by atoms with Gasteiger partial charge in [0.05, 0.1) is 5.56 Å². The third-order valence-corrected chi connectivity index (χ3v) is 4.68. The van der Waals surface area contributed by atoms with E-state index in [0.717, 1.165) is 37.2 Å². The molecule has 0 heterocycles. The van der Waals surface area contributed by atoms with Crippen LogP contribution in [0.1, 0.15) is 54.9 Å². The fourth-order valence-corrected chi connectivity index (χ4v) is 3.17. The maximum Gasteiger partial charge on any atom is 0.335 e. The first kappa shape index (κ1) is 16.5. The Labute approximate surface area is 131 Å². The second-order valence-electron chi connectivity index (χ2n) is 6.17. The van der Waals surface area contributed by atoms with Gasteiger partial charge in [0.25, 0.3) is 0 Å². The number of hydrogen-bond acceptors (Lipinski definition) is 2. The Kier molecular flexibility index (Phi) is 5.99. The van der Waals surface area contributed by atoms with Gasteiger partial charge in [-0.25, -0.2) is 4.79 Å². The Balaban J connectivity index is 1.75. The smallest absolute Gasteiger partial charge is 0.335 e. The van der Waals surface area contributed by atoms with Crippen molar-refractivity contribution in [2.24, 2.45) is 11.8 Å². The zero-order valence-electron chi connectivity index (χ0n) is 13.2. The van der Waals surface area contributed by atoms with Gasteiger partial charge in [0.15, 0.2) is 0 Å². The first-order valence-corrected chi connectivity index (χ1v) is 8.20. The van der Waals surface area contributed by atoms with E-state index in [-0.39, 0.29) is 11.8 Å². The van der Waals surface area contributed by atoms with Crippen molar-refractivity contribution in [3.63, 3.8) is 0 Å². The van der Waals surface area contributed by atoms with Gasteiger partial charge in [0, 0.05) is 12.5 Å². The molecule has 0 bridgehead atoms. The predicted octanol–water partition coefficient (Wildman–Crippen LogP) is 3.26. The van der Waals surface area contributed by atoms with Crippen LogP contribution in [-0.2, 0) is 11.2 Å². The summed E-state index contributed by atoms with van der Waals surface area (Å²) in [6, 6.07) is 6.88. The van der Waals surface area contributed by atoms with Crippen LogP contribution in [0.15, 0.2) is 24.3 Å². The molecule has 0 aromatic heterocycles. The summed E-state index contributed by atoms with van der Waals surface area (Å²) >= 11 is 0. The molecule has 0 unspecified atom stereocenters. The van der Waals surface area contributed by atoms with Gasteiger partial charge in [-0.3, -0.25) is 4.79 Å². The van der Waals surface area contributed by atoms with Crippen LogP contribution >= 0.6 is 0 Å². The molecule has 4 heteroatoms. The van der Waals surface area contributed by atoms with Crippen LogP contribution in [0.3, 0.4) is 0 Å². The highest BCUT2D eigenvalue weighted by Gasteiger charge is 2.24. The third-order valence-electron chi connectivity index (χ3n) is 4.68. The third kappa shape index (κ3) is 4.58. The molecule has 1 saturated carbocycles. The SMILES string of the molecule is CCC1CCC(C(=O)NCCc2cccc(C(=O)O)c2)CC1. The van der Waals surface area contributed by atoms with Crippen molar-refractivity contribution in [1.29, 1.82) is 0 Å². The molecule has 1 amide bonds. The molecule has 2 N–H and O–H groups in total. The first-order valence-electron chi connectivity index (χ1n) is 8.20. The van der Waals surface area contributed by atoms with Crippen LogP contribution in [-0.4, -0.2) is 23.5 Å². The Morgan fingerprint density at radius 1 is 1.23 bits per heavy atom. The van der Waals surface area contributed by atoms with E-state index in [1.54, 1.807) is 18.2 Å². The molecular weight excluding hydrogens is 278 g/mol. The zero-order chi connectivity index (χ0) is 15.9. The Morgan fingerprint density at radius 2 is 1.95 bits per heavy atom. The summed E-state index contributed by atoms with van der Waals surface area (Å²) in [5, 5.41) is 12.0. The van der Waals surface area contributed by atoms with Crippen molar-refractivity contribution < 1.29 is 14.7 Å². The lowest BCUT2D eigenvalue weighted by Crippen LogP contribution is -2.34. The van der Waals surface area contributed by atoms with E-state index in [9.17, 15) is 9.59 Å². The molecule has 4 nitrogen and oxygen atoms in total. The molecule has 1 aromatic carbocycles. The normalized spacial score (nSPS) is 21.3. The standard InChI is InChI=1S/C18H25NO3/c1-2-13-6-8-15(9-7-13)17(20)19-11-10-14-4-3-5-16(12-14)18(21)22/h3-5,12-13,15H,2,6-11H2,1H3,(H,19,20)(H,21,22). The van der Waals surface area contributed by atoms with Gasteiger partial charge in [-0.05, 0) is 55.7 Å². The second kappa shape index (κ2) is 7.97. The number of benzene rings is 1. The van der Waals surface area contributed by atoms with Crippen molar-refractivity contribution in [2.45, 2.75) is 45.4 Å². The molecule has 1 aromatic rings. The maximum atomic E-state index is 12.2. The summed E-state index contributed by atoms with van der Waals surface area (Å²) in [7, 11) is 0. The average Bonchev–Trinajstić information content (AvgIpc) is 2.55. The minimum atomic E-state index is -0.918. The molecule has 1 aliphatic carbocycles. The van der Waals surface area contributed by atoms with Crippen molar-refractivity contribution >= 4 is 11.9 Å². The van der Waals surface area contributed by atoms with E-state index in [1.807, 2.05) is 6.07 Å². The van der Waals surface area contributed by atoms with Gasteiger partial charge < -0.3 is 10.4 Å². The van der Waals surface area contributed by atoms with Gasteiger partial charge in [-0.15, -0.1) is 0 Å². The second-order valence-corrected chi connectivity index (χ2v) is 6.17. The lowest BCUT2D eigenvalue weighted by Gasteiger charge is -2.26. The average molecular weight is 303 g/mol. The fourth-order valence-electron chi connectivity index (χ4n) is 3.17. The topological polar surface area (TPSA) is 66.4 Å². The number of carboxylic acids is 1. The van der Waals surface area contributed by atoms with E-state index in [1.165, 1.54) is 6.42 Å². The molecule has 0 saturated heterocycles.